The molecule has 0 heterocycles. The van der Waals surface area contributed by atoms with Crippen LogP contribution in [0, 0.1) is 0 Å². The van der Waals surface area contributed by atoms with E-state index in [9.17, 15) is 27.9 Å². The Morgan fingerprint density at radius 2 is 1.68 bits per heavy atom. The van der Waals surface area contributed by atoms with Crippen molar-refractivity contribution >= 4 is 35.9 Å². The zero-order valence-electron chi connectivity index (χ0n) is 22.3. The molecule has 0 saturated carbocycles. The average Bonchev–Trinajstić information content (AvgIpc) is 2.82. The third-order valence-corrected chi connectivity index (χ3v) is 8.97. The minimum atomic E-state index is -3.39. The van der Waals surface area contributed by atoms with Crippen LogP contribution in [-0.4, -0.2) is 75.9 Å². The van der Waals surface area contributed by atoms with Crippen molar-refractivity contribution in [2.45, 2.75) is 83.2 Å². The van der Waals surface area contributed by atoms with Gasteiger partial charge in [0.25, 0.3) is 0 Å². The van der Waals surface area contributed by atoms with E-state index in [-0.39, 0.29) is 25.3 Å². The second kappa shape index (κ2) is 15.2. The first-order valence-corrected chi connectivity index (χ1v) is 17.7. The second-order valence-corrected chi connectivity index (χ2v) is 17.9. The highest BCUT2D eigenvalue weighted by Gasteiger charge is 2.30. The number of sulfonamides is 1. The summed E-state index contributed by atoms with van der Waals surface area (Å²) in [6, 6.07) is 6.31. The third kappa shape index (κ3) is 13.7. The summed E-state index contributed by atoms with van der Waals surface area (Å²) in [5.74, 6) is -2.05. The highest BCUT2D eigenvalue weighted by Crippen LogP contribution is 2.09. The number of nitrogens with two attached hydrogens (primary N) is 1. The SMILES string of the molecule is C[C@H](NC(=O)[C@@H](NC(=O)[C@@H](N)CCCNS(=O)(=O)CC[Si](C)(C)C)[C@@H](C)O)C(=O)OCc1ccccc1. The molecule has 0 radical (unpaired) electrons. The van der Waals surface area contributed by atoms with Gasteiger partial charge >= 0.3 is 5.97 Å². The zero-order valence-corrected chi connectivity index (χ0v) is 24.1. The topological polar surface area (TPSA) is 177 Å². The molecule has 0 fully saturated rings. The molecule has 210 valence electrons. The first-order valence-electron chi connectivity index (χ1n) is 12.3. The molecule has 6 N–H and O–H groups in total. The van der Waals surface area contributed by atoms with Gasteiger partial charge in [-0.25, -0.2) is 17.9 Å². The molecular weight excluding hydrogens is 516 g/mol. The predicted octanol–water partition coefficient (Wildman–Crippen LogP) is 0.465. The van der Waals surface area contributed by atoms with Gasteiger partial charge in [0.15, 0.2) is 0 Å². The maximum Gasteiger partial charge on any atom is 0.328 e. The highest BCUT2D eigenvalue weighted by atomic mass is 32.2. The van der Waals surface area contributed by atoms with Gasteiger partial charge in [0.05, 0.1) is 17.9 Å². The van der Waals surface area contributed by atoms with Crippen LogP contribution in [0.4, 0.5) is 0 Å². The number of amides is 2. The van der Waals surface area contributed by atoms with Crippen LogP contribution in [0.5, 0.6) is 0 Å². The van der Waals surface area contributed by atoms with Gasteiger partial charge in [-0.2, -0.15) is 0 Å². The quantitative estimate of drug-likeness (QED) is 0.110. The number of carbonyl (C=O) groups excluding carboxylic acids is 3. The first kappa shape index (κ1) is 32.7. The van der Waals surface area contributed by atoms with Crippen molar-refractivity contribution in [2.75, 3.05) is 12.3 Å². The summed E-state index contributed by atoms with van der Waals surface area (Å²) in [5, 5.41) is 14.9. The Labute approximate surface area is 221 Å². The van der Waals surface area contributed by atoms with Crippen molar-refractivity contribution in [1.82, 2.24) is 15.4 Å². The molecule has 0 saturated heterocycles. The van der Waals surface area contributed by atoms with E-state index < -0.39 is 60.1 Å². The highest BCUT2D eigenvalue weighted by molar-refractivity contribution is 7.89. The molecule has 0 aliphatic heterocycles. The van der Waals surface area contributed by atoms with E-state index in [4.69, 9.17) is 10.5 Å². The molecule has 4 atom stereocenters. The Kier molecular flexibility index (Phi) is 13.4. The number of esters is 1. The minimum Gasteiger partial charge on any atom is -0.459 e. The van der Waals surface area contributed by atoms with Gasteiger partial charge < -0.3 is 26.2 Å². The summed E-state index contributed by atoms with van der Waals surface area (Å²) >= 11 is 0. The lowest BCUT2D eigenvalue weighted by Crippen LogP contribution is -2.57. The van der Waals surface area contributed by atoms with Crippen molar-refractivity contribution in [3.63, 3.8) is 0 Å². The van der Waals surface area contributed by atoms with E-state index in [1.807, 2.05) is 18.2 Å². The van der Waals surface area contributed by atoms with Crippen LogP contribution in [0.1, 0.15) is 32.3 Å². The lowest BCUT2D eigenvalue weighted by molar-refractivity contribution is -0.149. The van der Waals surface area contributed by atoms with Gasteiger partial charge in [-0.05, 0) is 38.3 Å². The van der Waals surface area contributed by atoms with E-state index in [1.54, 1.807) is 12.1 Å². The van der Waals surface area contributed by atoms with Gasteiger partial charge in [-0.1, -0.05) is 50.0 Å². The molecule has 0 aliphatic carbocycles. The van der Waals surface area contributed by atoms with Gasteiger partial charge in [0, 0.05) is 14.6 Å². The lowest BCUT2D eigenvalue weighted by Gasteiger charge is -2.24. The molecule has 13 heteroatoms. The number of aliphatic hydroxyl groups is 1. The molecule has 1 rings (SSSR count). The summed E-state index contributed by atoms with van der Waals surface area (Å²) in [6.45, 7) is 9.22. The molecule has 0 aliphatic rings. The summed E-state index contributed by atoms with van der Waals surface area (Å²) < 4.78 is 31.9. The number of aliphatic hydroxyl groups excluding tert-OH is 1. The number of hydrogen-bond donors (Lipinski definition) is 5. The Morgan fingerprint density at radius 1 is 1.05 bits per heavy atom. The maximum absolute atomic E-state index is 12.6. The van der Waals surface area contributed by atoms with Crippen LogP contribution in [0.15, 0.2) is 30.3 Å². The molecule has 37 heavy (non-hydrogen) atoms. The molecule has 11 nitrogen and oxygen atoms in total. The predicted molar refractivity (Wildman–Crippen MR) is 145 cm³/mol. The summed E-state index contributed by atoms with van der Waals surface area (Å²) in [4.78, 5) is 37.3. The normalized spacial score (nSPS) is 15.2. The third-order valence-electron chi connectivity index (χ3n) is 5.47. The van der Waals surface area contributed by atoms with Crippen LogP contribution in [-0.2, 0) is 35.8 Å². The summed E-state index contributed by atoms with van der Waals surface area (Å²) in [5.41, 5.74) is 6.69. The lowest BCUT2D eigenvalue weighted by atomic mass is 10.1. The molecule has 0 spiro atoms. The monoisotopic (exact) mass is 558 g/mol. The van der Waals surface area contributed by atoms with E-state index in [0.717, 1.165) is 5.56 Å². The van der Waals surface area contributed by atoms with Gasteiger partial charge in [0.2, 0.25) is 21.8 Å². The number of benzene rings is 1. The van der Waals surface area contributed by atoms with E-state index >= 15 is 0 Å². The van der Waals surface area contributed by atoms with Crippen molar-refractivity contribution in [3.05, 3.63) is 35.9 Å². The second-order valence-electron chi connectivity index (χ2n) is 10.3. The largest absolute Gasteiger partial charge is 0.459 e. The van der Waals surface area contributed by atoms with Crippen molar-refractivity contribution in [3.8, 4) is 0 Å². The zero-order chi connectivity index (χ0) is 28.2. The van der Waals surface area contributed by atoms with Crippen LogP contribution in [0.2, 0.25) is 25.7 Å². The average molecular weight is 559 g/mol. The summed E-state index contributed by atoms with van der Waals surface area (Å²) in [7, 11) is -4.88. The molecule has 0 aromatic heterocycles. The van der Waals surface area contributed by atoms with Gasteiger partial charge in [-0.15, -0.1) is 0 Å². The number of carbonyl (C=O) groups is 3. The molecule has 0 unspecified atom stereocenters. The van der Waals surface area contributed by atoms with E-state index in [0.29, 0.717) is 12.5 Å². The van der Waals surface area contributed by atoms with Crippen molar-refractivity contribution in [1.29, 1.82) is 0 Å². The van der Waals surface area contributed by atoms with Gasteiger partial charge in [0.1, 0.15) is 18.7 Å². The van der Waals surface area contributed by atoms with Gasteiger partial charge in [-0.3, -0.25) is 9.59 Å². The number of nitrogens with one attached hydrogen (secondary N) is 3. The molecule has 1 aromatic rings. The van der Waals surface area contributed by atoms with Crippen LogP contribution >= 0.6 is 0 Å². The Morgan fingerprint density at radius 3 is 2.24 bits per heavy atom. The fourth-order valence-electron chi connectivity index (χ4n) is 3.07. The molecule has 0 bridgehead atoms. The Hall–Kier alpha value is -2.32. The van der Waals surface area contributed by atoms with E-state index in [1.165, 1.54) is 13.8 Å². The smallest absolute Gasteiger partial charge is 0.328 e. The van der Waals surface area contributed by atoms with Crippen molar-refractivity contribution in [2.24, 2.45) is 5.73 Å². The number of ether oxygens (including phenoxy) is 1. The molecular formula is C24H42N4O7SSi. The Balaban J connectivity index is 2.49. The van der Waals surface area contributed by atoms with Crippen LogP contribution < -0.4 is 21.1 Å². The van der Waals surface area contributed by atoms with Crippen molar-refractivity contribution < 1.29 is 32.6 Å². The standard InChI is InChI=1S/C24H42N4O7SSi/c1-17(24(32)35-16-19-10-7-6-8-11-19)27-23(31)21(18(2)29)28-22(30)20(25)12-9-13-26-36(33,34)14-15-37(3,4)5/h6-8,10-11,17-18,20-21,26,29H,9,12-16,25H2,1-5H3,(H,27,31)(H,28,30)/t17-,18+,20-,21-/m0/s1. The van der Waals surface area contributed by atoms with Crippen LogP contribution in [0.3, 0.4) is 0 Å². The fourth-order valence-corrected chi connectivity index (χ4v) is 7.20. The maximum atomic E-state index is 12.6. The fraction of sp³-hybridized carbons (Fsp3) is 0.625. The number of hydrogen-bond acceptors (Lipinski definition) is 8. The summed E-state index contributed by atoms with van der Waals surface area (Å²) in [6.07, 6.45) is -0.781. The minimum absolute atomic E-state index is 0.0414. The van der Waals surface area contributed by atoms with E-state index in [2.05, 4.69) is 35.0 Å². The first-order chi connectivity index (χ1) is 17.1. The number of rotatable bonds is 16. The molecule has 2 amide bonds. The van der Waals surface area contributed by atoms with Crippen LogP contribution in [0.25, 0.3) is 0 Å². The Bertz CT molecular complexity index is 985. The molecule has 1 aromatic carbocycles.